The van der Waals surface area contributed by atoms with Crippen molar-refractivity contribution in [1.29, 1.82) is 0 Å². The second-order valence-electron chi connectivity index (χ2n) is 10.3. The number of rotatable bonds is 7. The minimum atomic E-state index is -3.49. The van der Waals surface area contributed by atoms with E-state index < -0.39 is 20.9 Å². The number of halogens is 1. The van der Waals surface area contributed by atoms with Crippen LogP contribution in [0.15, 0.2) is 59.8 Å². The summed E-state index contributed by atoms with van der Waals surface area (Å²) in [4.78, 5) is 23.7. The van der Waals surface area contributed by atoms with Gasteiger partial charge in [-0.2, -0.15) is 0 Å². The maximum atomic E-state index is 14.9. The van der Waals surface area contributed by atoms with Gasteiger partial charge in [-0.25, -0.2) is 22.8 Å². The van der Waals surface area contributed by atoms with E-state index >= 15 is 0 Å². The Balaban J connectivity index is 1.16. The summed E-state index contributed by atoms with van der Waals surface area (Å²) in [6, 6.07) is 12.9. The lowest BCUT2D eigenvalue weighted by Gasteiger charge is -2.48. The van der Waals surface area contributed by atoms with Gasteiger partial charge in [0.25, 0.3) is 5.91 Å². The van der Waals surface area contributed by atoms with Crippen molar-refractivity contribution in [3.05, 3.63) is 71.8 Å². The predicted molar refractivity (Wildman–Crippen MR) is 141 cm³/mol. The number of ether oxygens (including phenoxy) is 2. The fourth-order valence-electron chi connectivity index (χ4n) is 5.33. The lowest BCUT2D eigenvalue weighted by Crippen LogP contribution is -2.60. The van der Waals surface area contributed by atoms with Crippen molar-refractivity contribution in [3.8, 4) is 5.88 Å². The molecule has 3 aliphatic rings. The molecule has 2 saturated heterocycles. The van der Waals surface area contributed by atoms with E-state index in [9.17, 15) is 17.6 Å². The van der Waals surface area contributed by atoms with E-state index in [1.165, 1.54) is 18.5 Å². The number of piperidine rings is 1. The van der Waals surface area contributed by atoms with Crippen LogP contribution in [0.4, 0.5) is 15.9 Å². The minimum absolute atomic E-state index is 0.00460. The lowest BCUT2D eigenvalue weighted by molar-refractivity contribution is -0.0830. The number of anilines is 2. The molecule has 2 aliphatic heterocycles. The molecular weight excluding hydrogens is 523 g/mol. The van der Waals surface area contributed by atoms with Crippen molar-refractivity contribution in [2.75, 3.05) is 18.5 Å². The van der Waals surface area contributed by atoms with Gasteiger partial charge in [0.05, 0.1) is 46.7 Å². The first-order valence-electron chi connectivity index (χ1n) is 13.1. The average Bonchev–Trinajstić information content (AvgIpc) is 3.78. The first-order chi connectivity index (χ1) is 18.8. The number of fused-ring (bicyclic) bond motifs is 2. The van der Waals surface area contributed by atoms with Crippen molar-refractivity contribution in [2.45, 2.75) is 60.9 Å². The van der Waals surface area contributed by atoms with Crippen LogP contribution in [0.5, 0.6) is 5.88 Å². The number of aromatic nitrogens is 2. The zero-order chi connectivity index (χ0) is 27.1. The summed E-state index contributed by atoms with van der Waals surface area (Å²) in [7, 11) is -3.49. The molecule has 11 heteroatoms. The molecule has 39 heavy (non-hydrogen) atoms. The summed E-state index contributed by atoms with van der Waals surface area (Å²) >= 11 is 0. The van der Waals surface area contributed by atoms with Crippen molar-refractivity contribution >= 4 is 27.2 Å². The highest BCUT2D eigenvalue weighted by Crippen LogP contribution is 2.36. The standard InChI is InChI=1S/C28H29FN4O5S/c1-17-26(32-25-10-9-23(13-24(25)29)39(35,36)22-7-8-22)30-16-31-27(17)38-21-11-19-14-37-15-20(12-21)33(19)28(34)18-5-3-2-4-6-18/h2-6,9-10,13,16,19-22H,7-8,11-12,14-15H2,1H3,(H,30,31,32)/t19-,20?,21?/m1/s1. The number of hydrogen-bond donors (Lipinski definition) is 1. The predicted octanol–water partition coefficient (Wildman–Crippen LogP) is 4.05. The Morgan fingerprint density at radius 2 is 1.79 bits per heavy atom. The van der Waals surface area contributed by atoms with Gasteiger partial charge in [0.15, 0.2) is 9.84 Å². The van der Waals surface area contributed by atoms with Crippen LogP contribution in [0.3, 0.4) is 0 Å². The van der Waals surface area contributed by atoms with Crippen LogP contribution in [0, 0.1) is 12.7 Å². The Labute approximate surface area is 226 Å². The summed E-state index contributed by atoms with van der Waals surface area (Å²) in [5, 5.41) is 2.54. The molecule has 2 unspecified atom stereocenters. The summed E-state index contributed by atoms with van der Waals surface area (Å²) < 4.78 is 51.8. The van der Waals surface area contributed by atoms with Crippen LogP contribution in [0.1, 0.15) is 41.6 Å². The molecule has 1 saturated carbocycles. The summed E-state index contributed by atoms with van der Waals surface area (Å²) in [5.74, 6) is 0.0418. The number of benzene rings is 2. The van der Waals surface area contributed by atoms with Crippen molar-refractivity contribution in [2.24, 2.45) is 0 Å². The van der Waals surface area contributed by atoms with Crippen molar-refractivity contribution in [3.63, 3.8) is 0 Å². The van der Waals surface area contributed by atoms with E-state index in [-0.39, 0.29) is 34.7 Å². The van der Waals surface area contributed by atoms with E-state index in [2.05, 4.69) is 15.3 Å². The normalized spacial score (nSPS) is 22.8. The highest BCUT2D eigenvalue weighted by Gasteiger charge is 2.43. The van der Waals surface area contributed by atoms with Crippen LogP contribution in [0.2, 0.25) is 0 Å². The Morgan fingerprint density at radius 1 is 1.08 bits per heavy atom. The van der Waals surface area contributed by atoms with Crippen LogP contribution in [0.25, 0.3) is 0 Å². The summed E-state index contributed by atoms with van der Waals surface area (Å²) in [6.07, 6.45) is 3.56. The molecule has 1 N–H and O–H groups in total. The number of hydrogen-bond acceptors (Lipinski definition) is 8. The van der Waals surface area contributed by atoms with Gasteiger partial charge in [0.2, 0.25) is 5.88 Å². The molecule has 2 aromatic carbocycles. The Morgan fingerprint density at radius 3 is 2.46 bits per heavy atom. The number of carbonyl (C=O) groups excluding carboxylic acids is 1. The Bertz CT molecular complexity index is 1490. The first kappa shape index (κ1) is 25.7. The van der Waals surface area contributed by atoms with Crippen LogP contribution in [-0.4, -0.2) is 65.8 Å². The molecule has 3 heterocycles. The van der Waals surface area contributed by atoms with Gasteiger partial charge in [0.1, 0.15) is 24.1 Å². The van der Waals surface area contributed by atoms with Gasteiger partial charge in [-0.05, 0) is 50.1 Å². The van der Waals surface area contributed by atoms with Crippen molar-refractivity contribution in [1.82, 2.24) is 14.9 Å². The van der Waals surface area contributed by atoms with Gasteiger partial charge >= 0.3 is 0 Å². The van der Waals surface area contributed by atoms with Gasteiger partial charge in [0, 0.05) is 18.4 Å². The number of morpholine rings is 1. The van der Waals surface area contributed by atoms with Crippen LogP contribution >= 0.6 is 0 Å². The number of amides is 1. The highest BCUT2D eigenvalue weighted by molar-refractivity contribution is 7.92. The summed E-state index contributed by atoms with van der Waals surface area (Å²) in [5.41, 5.74) is 1.36. The van der Waals surface area contributed by atoms with Crippen molar-refractivity contribution < 1.29 is 27.1 Å². The van der Waals surface area contributed by atoms with Gasteiger partial charge in [-0.3, -0.25) is 4.79 Å². The molecule has 1 aromatic heterocycles. The third kappa shape index (κ3) is 5.08. The molecule has 1 aliphatic carbocycles. The number of nitrogens with zero attached hydrogens (tertiary/aromatic N) is 3. The maximum absolute atomic E-state index is 14.9. The molecular formula is C28H29FN4O5S. The molecule has 3 fully saturated rings. The molecule has 3 aromatic rings. The second kappa shape index (κ2) is 10.2. The molecule has 0 spiro atoms. The van der Waals surface area contributed by atoms with E-state index in [1.807, 2.05) is 35.2 Å². The number of sulfone groups is 1. The third-order valence-electron chi connectivity index (χ3n) is 7.53. The fourth-order valence-corrected chi connectivity index (χ4v) is 7.00. The third-order valence-corrected chi connectivity index (χ3v) is 9.79. The lowest BCUT2D eigenvalue weighted by atomic mass is 9.91. The second-order valence-corrected chi connectivity index (χ2v) is 12.5. The van der Waals surface area contributed by atoms with Gasteiger partial charge < -0.3 is 19.7 Å². The zero-order valence-corrected chi connectivity index (χ0v) is 22.2. The minimum Gasteiger partial charge on any atom is -0.474 e. The Hall–Kier alpha value is -3.57. The SMILES string of the molecule is Cc1c(Nc2ccc(S(=O)(=O)C3CC3)cc2F)ncnc1OC1CC2COC[C@@H](C1)N2C(=O)c1ccccc1. The van der Waals surface area contributed by atoms with E-state index in [4.69, 9.17) is 9.47 Å². The van der Waals surface area contributed by atoms with E-state index in [0.29, 0.717) is 61.7 Å². The largest absolute Gasteiger partial charge is 0.474 e. The molecule has 3 atom stereocenters. The Kier molecular flexibility index (Phi) is 6.72. The van der Waals surface area contributed by atoms with E-state index in [1.54, 1.807) is 6.92 Å². The molecule has 1 amide bonds. The molecule has 0 radical (unpaired) electrons. The monoisotopic (exact) mass is 552 g/mol. The van der Waals surface area contributed by atoms with Crippen LogP contribution in [-0.2, 0) is 14.6 Å². The van der Waals surface area contributed by atoms with Gasteiger partial charge in [-0.15, -0.1) is 0 Å². The molecule has 204 valence electrons. The fraction of sp³-hybridized carbons (Fsp3) is 0.393. The first-order valence-corrected chi connectivity index (χ1v) is 14.6. The number of nitrogens with one attached hydrogen (secondary N) is 1. The van der Waals surface area contributed by atoms with Gasteiger partial charge in [-0.1, -0.05) is 18.2 Å². The van der Waals surface area contributed by atoms with E-state index in [0.717, 1.165) is 6.07 Å². The summed E-state index contributed by atoms with van der Waals surface area (Å²) in [6.45, 7) is 2.66. The molecule has 9 nitrogen and oxygen atoms in total. The molecule has 2 bridgehead atoms. The zero-order valence-electron chi connectivity index (χ0n) is 21.4. The van der Waals surface area contributed by atoms with Crippen LogP contribution < -0.4 is 10.1 Å². The average molecular weight is 553 g/mol. The maximum Gasteiger partial charge on any atom is 0.254 e. The topological polar surface area (TPSA) is 111 Å². The molecule has 6 rings (SSSR count). The quantitative estimate of drug-likeness (QED) is 0.467. The number of carbonyl (C=O) groups is 1. The highest BCUT2D eigenvalue weighted by atomic mass is 32.2. The smallest absolute Gasteiger partial charge is 0.254 e.